The molecule has 6 nitrogen and oxygen atoms in total. The number of morpholine rings is 1. The van der Waals surface area contributed by atoms with Crippen LogP contribution in [0.15, 0.2) is 73.1 Å². The van der Waals surface area contributed by atoms with Gasteiger partial charge in [0.2, 0.25) is 0 Å². The van der Waals surface area contributed by atoms with Crippen molar-refractivity contribution in [2.75, 3.05) is 39.4 Å². The number of para-hydroxylation sites is 1. The van der Waals surface area contributed by atoms with E-state index >= 15 is 0 Å². The normalized spacial score (nSPS) is 21.6. The maximum atomic E-state index is 5.84. The van der Waals surface area contributed by atoms with E-state index in [1.54, 1.807) is 0 Å². The summed E-state index contributed by atoms with van der Waals surface area (Å²) in [6, 6.07) is 21.0. The Morgan fingerprint density at radius 1 is 0.969 bits per heavy atom. The van der Waals surface area contributed by atoms with Gasteiger partial charge in [0.05, 0.1) is 31.0 Å². The summed E-state index contributed by atoms with van der Waals surface area (Å²) >= 11 is 5.84. The highest BCUT2D eigenvalue weighted by Gasteiger charge is 2.41. The van der Waals surface area contributed by atoms with Crippen LogP contribution in [0.25, 0.3) is 5.69 Å². The Morgan fingerprint density at radius 3 is 2.56 bits per heavy atom. The van der Waals surface area contributed by atoms with E-state index in [1.807, 2.05) is 24.4 Å². The summed E-state index contributed by atoms with van der Waals surface area (Å²) in [7, 11) is 0. The van der Waals surface area contributed by atoms with E-state index < -0.39 is 0 Å². The number of benzene rings is 1. The topological polar surface area (TPSA) is 45.6 Å². The van der Waals surface area contributed by atoms with E-state index in [0.717, 1.165) is 62.3 Å². The van der Waals surface area contributed by atoms with Crippen molar-refractivity contribution in [1.82, 2.24) is 24.7 Å². The van der Waals surface area contributed by atoms with E-state index in [4.69, 9.17) is 17.0 Å². The zero-order valence-corrected chi connectivity index (χ0v) is 19.0. The molecular weight excluding hydrogens is 418 g/mol. The molecule has 5 rings (SSSR count). The number of thiocarbonyl (C=S) groups is 1. The van der Waals surface area contributed by atoms with Crippen molar-refractivity contribution in [2.45, 2.75) is 18.5 Å². The molecule has 3 aromatic rings. The van der Waals surface area contributed by atoms with Crippen LogP contribution in [0.5, 0.6) is 0 Å². The third-order valence-corrected chi connectivity index (χ3v) is 6.64. The molecule has 1 aromatic carbocycles. The summed E-state index contributed by atoms with van der Waals surface area (Å²) in [5.74, 6) is 0. The highest BCUT2D eigenvalue weighted by Crippen LogP contribution is 2.39. The number of nitrogens with zero attached hydrogens (tertiary/aromatic N) is 4. The first-order valence-electron chi connectivity index (χ1n) is 11.3. The van der Waals surface area contributed by atoms with Crippen LogP contribution in [0.3, 0.4) is 0 Å². The third kappa shape index (κ3) is 4.41. The standard InChI is InChI=1S/C25H29N5OS/c32-25-27-23(21-10-4-5-12-26-21)24(30(25)15-7-13-28-16-18-31-19-17-28)22-11-6-14-29(22)20-8-2-1-3-9-20/h1-6,8-12,14,23-24H,7,13,15-19H2,(H,27,32)/t23-,24-/m1/s1. The van der Waals surface area contributed by atoms with Gasteiger partial charge in [-0.1, -0.05) is 24.3 Å². The molecule has 1 N–H and O–H groups in total. The molecule has 0 spiro atoms. The van der Waals surface area contributed by atoms with Gasteiger partial charge < -0.3 is 19.5 Å². The number of hydrogen-bond donors (Lipinski definition) is 1. The molecule has 0 aliphatic carbocycles. The summed E-state index contributed by atoms with van der Waals surface area (Å²) in [5.41, 5.74) is 3.38. The summed E-state index contributed by atoms with van der Waals surface area (Å²) in [6.45, 7) is 5.65. The van der Waals surface area contributed by atoms with Crippen LogP contribution >= 0.6 is 12.2 Å². The monoisotopic (exact) mass is 447 g/mol. The van der Waals surface area contributed by atoms with Gasteiger partial charge in [0.15, 0.2) is 5.11 Å². The average Bonchev–Trinajstić information content (AvgIpc) is 3.45. The molecule has 0 saturated carbocycles. The summed E-state index contributed by atoms with van der Waals surface area (Å²) in [5, 5.41) is 4.37. The number of hydrogen-bond acceptors (Lipinski definition) is 4. The Labute approximate surface area is 194 Å². The summed E-state index contributed by atoms with van der Waals surface area (Å²) in [6.07, 6.45) is 5.04. The van der Waals surface area contributed by atoms with Crippen molar-refractivity contribution in [3.05, 3.63) is 84.4 Å². The predicted molar refractivity (Wildman–Crippen MR) is 130 cm³/mol. The minimum Gasteiger partial charge on any atom is -0.379 e. The second kappa shape index (κ2) is 9.81. The van der Waals surface area contributed by atoms with Gasteiger partial charge in [0.25, 0.3) is 0 Å². The lowest BCUT2D eigenvalue weighted by Gasteiger charge is -2.31. The second-order valence-electron chi connectivity index (χ2n) is 8.27. The molecule has 0 bridgehead atoms. The zero-order valence-electron chi connectivity index (χ0n) is 18.1. The Bertz CT molecular complexity index is 1020. The van der Waals surface area contributed by atoms with E-state index in [0.29, 0.717) is 0 Å². The fraction of sp³-hybridized carbons (Fsp3) is 0.360. The fourth-order valence-corrected chi connectivity index (χ4v) is 5.05. The first kappa shape index (κ1) is 21.1. The van der Waals surface area contributed by atoms with Gasteiger partial charge in [0, 0.05) is 50.0 Å². The number of pyridine rings is 1. The molecule has 2 aliphatic heterocycles. The summed E-state index contributed by atoms with van der Waals surface area (Å²) < 4.78 is 7.76. The minimum atomic E-state index is 0.00412. The van der Waals surface area contributed by atoms with Crippen molar-refractivity contribution in [3.63, 3.8) is 0 Å². The Morgan fingerprint density at radius 2 is 1.78 bits per heavy atom. The number of aromatic nitrogens is 2. The van der Waals surface area contributed by atoms with Gasteiger partial charge in [-0.15, -0.1) is 0 Å². The first-order valence-corrected chi connectivity index (χ1v) is 11.7. The van der Waals surface area contributed by atoms with Gasteiger partial charge in [0.1, 0.15) is 0 Å². The molecule has 7 heteroatoms. The van der Waals surface area contributed by atoms with Crippen molar-refractivity contribution in [1.29, 1.82) is 0 Å². The van der Waals surface area contributed by atoms with Gasteiger partial charge in [-0.2, -0.15) is 0 Å². The van der Waals surface area contributed by atoms with Crippen LogP contribution in [0.1, 0.15) is 29.9 Å². The molecule has 0 radical (unpaired) electrons. The predicted octanol–water partition coefficient (Wildman–Crippen LogP) is 3.57. The minimum absolute atomic E-state index is 0.00412. The molecule has 32 heavy (non-hydrogen) atoms. The molecule has 2 aliphatic rings. The van der Waals surface area contributed by atoms with Crippen LogP contribution in [0.4, 0.5) is 0 Å². The summed E-state index contributed by atoms with van der Waals surface area (Å²) in [4.78, 5) is 9.50. The van der Waals surface area contributed by atoms with Crippen LogP contribution in [0, 0.1) is 0 Å². The highest BCUT2D eigenvalue weighted by molar-refractivity contribution is 7.80. The molecule has 2 aromatic heterocycles. The van der Waals surface area contributed by atoms with Crippen LogP contribution in [-0.2, 0) is 4.74 Å². The smallest absolute Gasteiger partial charge is 0.170 e. The third-order valence-electron chi connectivity index (χ3n) is 6.29. The van der Waals surface area contributed by atoms with Crippen molar-refractivity contribution < 1.29 is 4.74 Å². The van der Waals surface area contributed by atoms with E-state index in [1.165, 1.54) is 5.69 Å². The lowest BCUT2D eigenvalue weighted by Crippen LogP contribution is -2.39. The lowest BCUT2D eigenvalue weighted by atomic mass is 10.0. The Balaban J connectivity index is 1.43. The maximum Gasteiger partial charge on any atom is 0.170 e. The van der Waals surface area contributed by atoms with Gasteiger partial charge >= 0.3 is 0 Å². The molecule has 2 fully saturated rings. The van der Waals surface area contributed by atoms with Gasteiger partial charge in [-0.25, -0.2) is 0 Å². The van der Waals surface area contributed by atoms with Crippen LogP contribution in [0.2, 0.25) is 0 Å². The molecular formula is C25H29N5OS. The van der Waals surface area contributed by atoms with Crippen molar-refractivity contribution in [3.8, 4) is 5.69 Å². The average molecular weight is 448 g/mol. The number of rotatable bonds is 7. The fourth-order valence-electron chi connectivity index (χ4n) is 4.72. The van der Waals surface area contributed by atoms with E-state index in [-0.39, 0.29) is 12.1 Å². The molecule has 2 atom stereocenters. The van der Waals surface area contributed by atoms with Gasteiger partial charge in [-0.3, -0.25) is 9.88 Å². The van der Waals surface area contributed by atoms with Crippen molar-refractivity contribution in [2.24, 2.45) is 0 Å². The largest absolute Gasteiger partial charge is 0.379 e. The second-order valence-corrected chi connectivity index (χ2v) is 8.65. The molecule has 2 saturated heterocycles. The number of nitrogens with one attached hydrogen (secondary N) is 1. The molecule has 4 heterocycles. The molecule has 0 amide bonds. The van der Waals surface area contributed by atoms with Crippen molar-refractivity contribution >= 4 is 17.3 Å². The Hall–Kier alpha value is -2.74. The molecule has 166 valence electrons. The van der Waals surface area contributed by atoms with Crippen LogP contribution < -0.4 is 5.32 Å². The zero-order chi connectivity index (χ0) is 21.8. The lowest BCUT2D eigenvalue weighted by molar-refractivity contribution is 0.0365. The number of ether oxygens (including phenoxy) is 1. The van der Waals surface area contributed by atoms with E-state index in [2.05, 4.69) is 73.3 Å². The quantitative estimate of drug-likeness (QED) is 0.559. The first-order chi connectivity index (χ1) is 15.8. The Kier molecular flexibility index (Phi) is 6.48. The highest BCUT2D eigenvalue weighted by atomic mass is 32.1. The van der Waals surface area contributed by atoms with E-state index in [9.17, 15) is 0 Å². The SMILES string of the molecule is S=C1N[C@H](c2ccccn2)[C@@H](c2cccn2-c2ccccc2)N1CCCN1CCOCC1. The molecule has 0 unspecified atom stereocenters. The van der Waals surface area contributed by atoms with Crippen LogP contribution in [-0.4, -0.2) is 63.9 Å². The van der Waals surface area contributed by atoms with Gasteiger partial charge in [-0.05, 0) is 55.0 Å². The maximum absolute atomic E-state index is 5.84.